The molecule has 0 amide bonds. The molecule has 148 valence electrons. The van der Waals surface area contributed by atoms with Crippen LogP contribution in [-0.2, 0) is 19.5 Å². The van der Waals surface area contributed by atoms with E-state index in [0.29, 0.717) is 12.5 Å². The van der Waals surface area contributed by atoms with Gasteiger partial charge < -0.3 is 14.0 Å². The maximum absolute atomic E-state index is 4.73. The lowest BCUT2D eigenvalue weighted by Gasteiger charge is -2.32. The molecular formula is C20H28N8. The molecule has 0 saturated carbocycles. The first-order valence-corrected chi connectivity index (χ1v) is 10.1. The van der Waals surface area contributed by atoms with Gasteiger partial charge in [-0.2, -0.15) is 0 Å². The van der Waals surface area contributed by atoms with Crippen LogP contribution in [0.2, 0.25) is 0 Å². The zero-order valence-corrected chi connectivity index (χ0v) is 16.9. The smallest absolute Gasteiger partial charge is 0.153 e. The van der Waals surface area contributed by atoms with Gasteiger partial charge in [0.2, 0.25) is 0 Å². The van der Waals surface area contributed by atoms with Crippen molar-refractivity contribution in [1.29, 1.82) is 0 Å². The molecule has 28 heavy (non-hydrogen) atoms. The minimum Gasteiger partial charge on any atom is -0.356 e. The quantitative estimate of drug-likeness (QED) is 0.654. The van der Waals surface area contributed by atoms with Gasteiger partial charge in [0.15, 0.2) is 5.82 Å². The van der Waals surface area contributed by atoms with Crippen molar-refractivity contribution in [1.82, 2.24) is 34.3 Å². The van der Waals surface area contributed by atoms with E-state index < -0.39 is 0 Å². The van der Waals surface area contributed by atoms with E-state index in [1.807, 2.05) is 24.0 Å². The molecule has 0 radical (unpaired) electrons. The van der Waals surface area contributed by atoms with E-state index in [0.717, 1.165) is 67.9 Å². The van der Waals surface area contributed by atoms with Crippen LogP contribution in [0.15, 0.2) is 24.8 Å². The third-order valence-electron chi connectivity index (χ3n) is 5.44. The van der Waals surface area contributed by atoms with Crippen LogP contribution in [0.25, 0.3) is 0 Å². The summed E-state index contributed by atoms with van der Waals surface area (Å²) >= 11 is 0. The lowest BCUT2D eigenvalue weighted by atomic mass is 9.96. The van der Waals surface area contributed by atoms with Crippen LogP contribution in [-0.4, -0.2) is 47.4 Å². The highest BCUT2D eigenvalue weighted by atomic mass is 15.3. The highest BCUT2D eigenvalue weighted by Crippen LogP contribution is 2.29. The predicted molar refractivity (Wildman–Crippen MR) is 107 cm³/mol. The molecule has 0 spiro atoms. The van der Waals surface area contributed by atoms with E-state index in [4.69, 9.17) is 4.98 Å². The summed E-state index contributed by atoms with van der Waals surface area (Å²) in [6.07, 6.45) is 8.57. The van der Waals surface area contributed by atoms with Crippen LogP contribution in [0.5, 0.6) is 0 Å². The van der Waals surface area contributed by atoms with Crippen LogP contribution in [0.3, 0.4) is 0 Å². The third-order valence-corrected chi connectivity index (χ3v) is 5.44. The summed E-state index contributed by atoms with van der Waals surface area (Å²) in [4.78, 5) is 15.7. The number of imidazole rings is 1. The van der Waals surface area contributed by atoms with Crippen molar-refractivity contribution in [2.45, 2.75) is 59.0 Å². The van der Waals surface area contributed by atoms with Crippen molar-refractivity contribution in [2.75, 3.05) is 18.0 Å². The standard InChI is InChI=1S/C20H28N8/c1-4-17-22-15(3)12-18(23-17)27-9-6-16(7-10-27)20-25-24-19(28(20)5-2)13-26-11-8-21-14-26/h8,11-12,14,16H,4-7,9-10,13H2,1-3H3. The molecule has 0 unspecified atom stereocenters. The molecule has 0 atom stereocenters. The Bertz CT molecular complexity index is 906. The molecule has 3 aromatic heterocycles. The van der Waals surface area contributed by atoms with Gasteiger partial charge in [-0.05, 0) is 26.7 Å². The molecule has 1 fully saturated rings. The SMILES string of the molecule is CCc1nc(C)cc(N2CCC(c3nnc(Cn4ccnc4)n3CC)CC2)n1. The summed E-state index contributed by atoms with van der Waals surface area (Å²) < 4.78 is 4.30. The van der Waals surface area contributed by atoms with E-state index in [9.17, 15) is 0 Å². The summed E-state index contributed by atoms with van der Waals surface area (Å²) in [6, 6.07) is 2.09. The lowest BCUT2D eigenvalue weighted by Crippen LogP contribution is -2.34. The molecule has 1 saturated heterocycles. The molecule has 0 aliphatic carbocycles. The number of aryl methyl sites for hydroxylation is 2. The summed E-state index contributed by atoms with van der Waals surface area (Å²) in [7, 11) is 0. The molecule has 0 N–H and O–H groups in total. The van der Waals surface area contributed by atoms with Crippen molar-refractivity contribution < 1.29 is 0 Å². The summed E-state index contributed by atoms with van der Waals surface area (Å²) in [5.41, 5.74) is 1.04. The van der Waals surface area contributed by atoms with E-state index in [-0.39, 0.29) is 0 Å². The Morgan fingerprint density at radius 1 is 1.11 bits per heavy atom. The number of rotatable bonds is 6. The Hall–Kier alpha value is -2.77. The fourth-order valence-corrected chi connectivity index (χ4v) is 3.96. The Morgan fingerprint density at radius 3 is 2.61 bits per heavy atom. The minimum absolute atomic E-state index is 0.439. The Balaban J connectivity index is 1.46. The second-order valence-corrected chi connectivity index (χ2v) is 7.35. The predicted octanol–water partition coefficient (Wildman–Crippen LogP) is 2.59. The van der Waals surface area contributed by atoms with E-state index in [1.54, 1.807) is 6.20 Å². The molecular weight excluding hydrogens is 352 g/mol. The Kier molecular flexibility index (Phi) is 5.36. The number of anilines is 1. The molecule has 8 nitrogen and oxygen atoms in total. The van der Waals surface area contributed by atoms with Gasteiger partial charge in [0.25, 0.3) is 0 Å². The van der Waals surface area contributed by atoms with Crippen LogP contribution in [0.4, 0.5) is 5.82 Å². The van der Waals surface area contributed by atoms with Crippen molar-refractivity contribution in [3.05, 3.63) is 48.0 Å². The highest BCUT2D eigenvalue weighted by Gasteiger charge is 2.26. The molecule has 8 heteroatoms. The second-order valence-electron chi connectivity index (χ2n) is 7.35. The first-order chi connectivity index (χ1) is 13.7. The zero-order chi connectivity index (χ0) is 19.5. The third kappa shape index (κ3) is 3.76. The number of hydrogen-bond acceptors (Lipinski definition) is 6. The van der Waals surface area contributed by atoms with Crippen molar-refractivity contribution >= 4 is 5.82 Å². The zero-order valence-electron chi connectivity index (χ0n) is 16.9. The fourth-order valence-electron chi connectivity index (χ4n) is 3.96. The first-order valence-electron chi connectivity index (χ1n) is 10.1. The van der Waals surface area contributed by atoms with E-state index in [2.05, 4.69) is 49.5 Å². The average molecular weight is 381 g/mol. The van der Waals surface area contributed by atoms with Gasteiger partial charge >= 0.3 is 0 Å². The van der Waals surface area contributed by atoms with Gasteiger partial charge in [0.05, 0.1) is 12.9 Å². The first kappa shape index (κ1) is 18.6. The van der Waals surface area contributed by atoms with E-state index >= 15 is 0 Å². The number of piperidine rings is 1. The molecule has 4 heterocycles. The monoisotopic (exact) mass is 380 g/mol. The summed E-state index contributed by atoms with van der Waals surface area (Å²) in [6.45, 7) is 9.87. The number of aromatic nitrogens is 7. The van der Waals surface area contributed by atoms with Crippen LogP contribution in [0.1, 0.15) is 55.8 Å². The van der Waals surface area contributed by atoms with Gasteiger partial charge in [-0.3, -0.25) is 0 Å². The minimum atomic E-state index is 0.439. The van der Waals surface area contributed by atoms with Crippen LogP contribution in [0, 0.1) is 6.92 Å². The maximum atomic E-state index is 4.73. The van der Waals surface area contributed by atoms with Gasteiger partial charge in [-0.25, -0.2) is 15.0 Å². The van der Waals surface area contributed by atoms with Gasteiger partial charge in [-0.15, -0.1) is 10.2 Å². The Labute approximate surface area is 165 Å². The topological polar surface area (TPSA) is 77.5 Å². The molecule has 1 aliphatic heterocycles. The normalized spacial score (nSPS) is 15.3. The van der Waals surface area contributed by atoms with Crippen molar-refractivity contribution in [2.24, 2.45) is 0 Å². The molecule has 1 aliphatic rings. The molecule has 4 rings (SSSR count). The average Bonchev–Trinajstić information content (AvgIpc) is 3.37. The lowest BCUT2D eigenvalue weighted by molar-refractivity contribution is 0.461. The van der Waals surface area contributed by atoms with Gasteiger partial charge in [-0.1, -0.05) is 6.92 Å². The maximum Gasteiger partial charge on any atom is 0.153 e. The Morgan fingerprint density at radius 2 is 1.93 bits per heavy atom. The van der Waals surface area contributed by atoms with Crippen LogP contribution >= 0.6 is 0 Å². The second kappa shape index (κ2) is 8.08. The van der Waals surface area contributed by atoms with Crippen LogP contribution < -0.4 is 4.90 Å². The van der Waals surface area contributed by atoms with E-state index in [1.165, 1.54) is 0 Å². The number of hydrogen-bond donors (Lipinski definition) is 0. The molecule has 0 aromatic carbocycles. The van der Waals surface area contributed by atoms with Gasteiger partial charge in [0.1, 0.15) is 17.5 Å². The van der Waals surface area contributed by atoms with Crippen molar-refractivity contribution in [3.63, 3.8) is 0 Å². The summed E-state index contributed by atoms with van der Waals surface area (Å²) in [5.74, 6) is 4.53. The van der Waals surface area contributed by atoms with Crippen molar-refractivity contribution in [3.8, 4) is 0 Å². The summed E-state index contributed by atoms with van der Waals surface area (Å²) in [5, 5.41) is 9.04. The fraction of sp³-hybridized carbons (Fsp3) is 0.550. The largest absolute Gasteiger partial charge is 0.356 e. The molecule has 0 bridgehead atoms. The molecule has 3 aromatic rings. The highest BCUT2D eigenvalue weighted by molar-refractivity contribution is 5.40. The number of nitrogens with zero attached hydrogens (tertiary/aromatic N) is 8. The van der Waals surface area contributed by atoms with Gasteiger partial charge in [0, 0.05) is 56.1 Å².